The van der Waals surface area contributed by atoms with Crippen LogP contribution in [0.4, 0.5) is 0 Å². The highest BCUT2D eigenvalue weighted by Crippen LogP contribution is 2.52. The third-order valence-electron chi connectivity index (χ3n) is 3.35. The molecule has 12 heteroatoms. The van der Waals surface area contributed by atoms with Gasteiger partial charge in [-0.15, -0.1) is 0 Å². The number of carbonyl (C=O) groups excluding carboxylic acids is 1. The molecule has 2 saturated heterocycles. The summed E-state index contributed by atoms with van der Waals surface area (Å²) in [6.07, 6.45) is -4.76. The minimum absolute atomic E-state index is 0.253. The van der Waals surface area contributed by atoms with E-state index in [2.05, 4.69) is 4.52 Å². The Morgan fingerprint density at radius 1 is 1.45 bits per heavy atom. The zero-order chi connectivity index (χ0) is 16.1. The molecule has 0 aliphatic carbocycles. The van der Waals surface area contributed by atoms with Crippen molar-refractivity contribution in [3.05, 3.63) is 32.6 Å². The van der Waals surface area contributed by atoms with Crippen molar-refractivity contribution < 1.29 is 33.1 Å². The second kappa shape index (κ2) is 5.23. The van der Waals surface area contributed by atoms with Crippen molar-refractivity contribution in [2.24, 2.45) is 0 Å². The third kappa shape index (κ3) is 2.47. The van der Waals surface area contributed by atoms with E-state index in [1.165, 1.54) is 0 Å². The normalized spacial score (nSPS) is 37.7. The van der Waals surface area contributed by atoms with Gasteiger partial charge in [-0.1, -0.05) is 0 Å². The van der Waals surface area contributed by atoms with Crippen LogP contribution in [-0.2, 0) is 18.3 Å². The number of phosphoric acid groups is 1. The van der Waals surface area contributed by atoms with Gasteiger partial charge in [-0.25, -0.2) is 9.36 Å². The Bertz CT molecular complexity index is 770. The van der Waals surface area contributed by atoms with Crippen molar-refractivity contribution in [3.8, 4) is 0 Å². The van der Waals surface area contributed by atoms with Gasteiger partial charge in [0, 0.05) is 6.07 Å². The van der Waals surface area contributed by atoms with E-state index in [1.54, 1.807) is 0 Å². The molecule has 0 saturated carbocycles. The van der Waals surface area contributed by atoms with E-state index in [1.807, 2.05) is 4.98 Å². The van der Waals surface area contributed by atoms with Crippen molar-refractivity contribution in [2.45, 2.75) is 24.5 Å². The van der Waals surface area contributed by atoms with Crippen molar-refractivity contribution in [3.63, 3.8) is 0 Å². The number of aromatic nitrogens is 2. The maximum absolute atomic E-state index is 11.9. The topological polar surface area (TPSA) is 157 Å². The number of hydrogen-bond acceptors (Lipinski definition) is 8. The number of aromatic amines is 1. The number of aliphatic hydroxyl groups is 1. The minimum atomic E-state index is -4.31. The van der Waals surface area contributed by atoms with Gasteiger partial charge in [0.2, 0.25) is 0 Å². The van der Waals surface area contributed by atoms with Gasteiger partial charge < -0.3 is 14.7 Å². The lowest BCUT2D eigenvalue weighted by molar-refractivity contribution is -0.0688. The molecule has 0 spiro atoms. The summed E-state index contributed by atoms with van der Waals surface area (Å²) in [6.45, 7) is -0.333. The molecule has 0 amide bonds. The lowest BCUT2D eigenvalue weighted by Crippen LogP contribution is -2.41. The Labute approximate surface area is 121 Å². The number of fused-ring (bicyclic) bond motifs is 1. The molecule has 5 atom stereocenters. The standard InChI is InChI=1S/C10H11N2O9P/c13-2-4-1-6(14)11-10(16)12(4)9-7(15)8-5(20-9)3-19-22(17,18)21-8/h1-2,5,7-9,15H,3H2,(H,17,18)(H,11,14,16)/t5-,7-,8-,9-/m1/s1. The Hall–Kier alpha value is -1.62. The Balaban J connectivity index is 2.01. The Morgan fingerprint density at radius 2 is 2.18 bits per heavy atom. The highest BCUT2D eigenvalue weighted by molar-refractivity contribution is 7.47. The maximum atomic E-state index is 11.9. The van der Waals surface area contributed by atoms with Gasteiger partial charge in [0.1, 0.15) is 18.3 Å². The number of aldehydes is 1. The first-order valence-corrected chi connectivity index (χ1v) is 7.62. The largest absolute Gasteiger partial charge is 0.472 e. The Kier molecular flexibility index (Phi) is 3.63. The highest BCUT2D eigenvalue weighted by atomic mass is 31.2. The van der Waals surface area contributed by atoms with Gasteiger partial charge in [0.15, 0.2) is 12.5 Å². The summed E-state index contributed by atoms with van der Waals surface area (Å²) in [6, 6.07) is 0.862. The first-order valence-electron chi connectivity index (χ1n) is 6.13. The van der Waals surface area contributed by atoms with E-state index < -0.39 is 43.6 Å². The summed E-state index contributed by atoms with van der Waals surface area (Å²) in [5.74, 6) is 0. The molecular weight excluding hydrogens is 323 g/mol. The highest BCUT2D eigenvalue weighted by Gasteiger charge is 2.52. The zero-order valence-corrected chi connectivity index (χ0v) is 11.7. The number of ether oxygens (including phenoxy) is 1. The molecule has 2 aliphatic heterocycles. The molecule has 0 aromatic carbocycles. The summed E-state index contributed by atoms with van der Waals surface area (Å²) < 4.78 is 26.8. The van der Waals surface area contributed by atoms with Crippen molar-refractivity contribution >= 4 is 14.1 Å². The van der Waals surface area contributed by atoms with Crippen molar-refractivity contribution in [1.29, 1.82) is 0 Å². The van der Waals surface area contributed by atoms with Crippen LogP contribution in [-0.4, -0.2) is 50.8 Å². The van der Waals surface area contributed by atoms with Crippen LogP contribution in [0.15, 0.2) is 15.7 Å². The minimum Gasteiger partial charge on any atom is -0.386 e. The number of nitrogens with zero attached hydrogens (tertiary/aromatic N) is 1. The van der Waals surface area contributed by atoms with E-state index in [0.29, 0.717) is 0 Å². The van der Waals surface area contributed by atoms with Gasteiger partial charge >= 0.3 is 13.5 Å². The second-order valence-corrected chi connectivity index (χ2v) is 6.15. The monoisotopic (exact) mass is 334 g/mol. The number of rotatable bonds is 2. The molecule has 1 aromatic heterocycles. The average Bonchev–Trinajstić information content (AvgIpc) is 2.74. The SMILES string of the molecule is O=Cc1cc(=O)[nH]c(=O)n1[C@@H]1O[C@@H]2COP(=O)(O)O[C@H]2[C@H]1O. The van der Waals surface area contributed by atoms with Gasteiger partial charge in [-0.2, -0.15) is 0 Å². The van der Waals surface area contributed by atoms with Gasteiger partial charge in [0.05, 0.1) is 12.3 Å². The fourth-order valence-corrected chi connectivity index (χ4v) is 3.39. The fraction of sp³-hybridized carbons (Fsp3) is 0.500. The van der Waals surface area contributed by atoms with Crippen molar-refractivity contribution in [1.82, 2.24) is 9.55 Å². The summed E-state index contributed by atoms with van der Waals surface area (Å²) in [5.41, 5.74) is -2.07. The van der Waals surface area contributed by atoms with Crippen LogP contribution in [0.5, 0.6) is 0 Å². The molecule has 0 bridgehead atoms. The van der Waals surface area contributed by atoms with Gasteiger partial charge in [0.25, 0.3) is 5.56 Å². The molecule has 3 rings (SSSR count). The molecule has 11 nitrogen and oxygen atoms in total. The first kappa shape index (κ1) is 15.3. The van der Waals surface area contributed by atoms with E-state index in [4.69, 9.17) is 9.26 Å². The molecule has 22 heavy (non-hydrogen) atoms. The average molecular weight is 334 g/mol. The molecule has 1 unspecified atom stereocenters. The zero-order valence-electron chi connectivity index (χ0n) is 10.8. The smallest absolute Gasteiger partial charge is 0.386 e. The molecule has 3 N–H and O–H groups in total. The summed E-state index contributed by atoms with van der Waals surface area (Å²) >= 11 is 0. The third-order valence-corrected chi connectivity index (χ3v) is 4.33. The van der Waals surface area contributed by atoms with Crippen LogP contribution in [0.1, 0.15) is 16.7 Å². The van der Waals surface area contributed by atoms with Crippen LogP contribution in [0.25, 0.3) is 0 Å². The van der Waals surface area contributed by atoms with Gasteiger partial charge in [-0.3, -0.25) is 28.2 Å². The quantitative estimate of drug-likeness (QED) is 0.416. The van der Waals surface area contributed by atoms with E-state index in [-0.39, 0.29) is 18.6 Å². The molecule has 1 aromatic rings. The summed E-state index contributed by atoms with van der Waals surface area (Å²) in [5, 5.41) is 10.2. The lowest BCUT2D eigenvalue weighted by Gasteiger charge is -2.27. The molecule has 2 aliphatic rings. The number of H-pyrrole nitrogens is 1. The molecular formula is C10H11N2O9P. The molecule has 0 radical (unpaired) electrons. The predicted molar refractivity (Wildman–Crippen MR) is 67.3 cm³/mol. The molecule has 3 heterocycles. The first-order chi connectivity index (χ1) is 10.3. The molecule has 2 fully saturated rings. The fourth-order valence-electron chi connectivity index (χ4n) is 2.43. The van der Waals surface area contributed by atoms with Crippen molar-refractivity contribution in [2.75, 3.05) is 6.61 Å². The number of phosphoric ester groups is 1. The number of nitrogens with one attached hydrogen (secondary N) is 1. The second-order valence-electron chi connectivity index (χ2n) is 4.74. The summed E-state index contributed by atoms with van der Waals surface area (Å²) in [4.78, 5) is 45.3. The van der Waals surface area contributed by atoms with E-state index in [0.717, 1.165) is 10.6 Å². The number of carbonyl (C=O) groups is 1. The number of hydrogen-bond donors (Lipinski definition) is 3. The number of aliphatic hydroxyl groups excluding tert-OH is 1. The lowest BCUT2D eigenvalue weighted by atomic mass is 10.1. The van der Waals surface area contributed by atoms with Crippen LogP contribution in [0, 0.1) is 0 Å². The Morgan fingerprint density at radius 3 is 2.86 bits per heavy atom. The van der Waals surface area contributed by atoms with Crippen LogP contribution in [0.2, 0.25) is 0 Å². The van der Waals surface area contributed by atoms with Crippen LogP contribution < -0.4 is 11.2 Å². The molecule has 120 valence electrons. The summed E-state index contributed by atoms with van der Waals surface area (Å²) in [7, 11) is -4.31. The van der Waals surface area contributed by atoms with Crippen LogP contribution >= 0.6 is 7.82 Å². The van der Waals surface area contributed by atoms with Gasteiger partial charge in [-0.05, 0) is 0 Å². The van der Waals surface area contributed by atoms with E-state index in [9.17, 15) is 28.9 Å². The maximum Gasteiger partial charge on any atom is 0.472 e. The van der Waals surface area contributed by atoms with E-state index >= 15 is 0 Å². The van der Waals surface area contributed by atoms with Crippen LogP contribution in [0.3, 0.4) is 0 Å². The predicted octanol–water partition coefficient (Wildman–Crippen LogP) is -1.88.